The predicted octanol–water partition coefficient (Wildman–Crippen LogP) is 3.55. The minimum Gasteiger partial charge on any atom is -0.465 e. The molecular formula is C16H30O3Si. The van der Waals surface area contributed by atoms with Gasteiger partial charge in [-0.15, -0.1) is 0 Å². The lowest BCUT2D eigenvalue weighted by Crippen LogP contribution is -2.47. The van der Waals surface area contributed by atoms with E-state index in [4.69, 9.17) is 9.16 Å². The van der Waals surface area contributed by atoms with Gasteiger partial charge in [-0.1, -0.05) is 32.9 Å². The third-order valence-electron chi connectivity index (χ3n) is 4.11. The fourth-order valence-electron chi connectivity index (χ4n) is 3.15. The third-order valence-corrected chi connectivity index (χ3v) is 4.95. The van der Waals surface area contributed by atoms with Crippen LogP contribution in [0.1, 0.15) is 40.5 Å². The van der Waals surface area contributed by atoms with Crippen molar-refractivity contribution >= 4 is 15.0 Å². The summed E-state index contributed by atoms with van der Waals surface area (Å²) in [4.78, 5) is 11.3. The predicted molar refractivity (Wildman–Crippen MR) is 85.2 cm³/mol. The molecule has 0 amide bonds. The van der Waals surface area contributed by atoms with Crippen LogP contribution in [0.2, 0.25) is 13.1 Å². The van der Waals surface area contributed by atoms with Crippen LogP contribution < -0.4 is 0 Å². The zero-order valence-corrected chi connectivity index (χ0v) is 15.0. The summed E-state index contributed by atoms with van der Waals surface area (Å²) in [6, 6.07) is 0. The number of esters is 1. The minimum absolute atomic E-state index is 0.0735. The Morgan fingerprint density at radius 3 is 2.45 bits per heavy atom. The Labute approximate surface area is 125 Å². The second-order valence-electron chi connectivity index (χ2n) is 7.33. The molecule has 0 aromatic carbocycles. The van der Waals surface area contributed by atoms with Crippen LogP contribution in [-0.4, -0.2) is 28.2 Å². The molecule has 1 aliphatic carbocycles. The van der Waals surface area contributed by atoms with Gasteiger partial charge in [0.25, 0.3) is 0 Å². The molecule has 0 spiro atoms. The topological polar surface area (TPSA) is 35.5 Å². The van der Waals surface area contributed by atoms with E-state index in [1.807, 2.05) is 0 Å². The summed E-state index contributed by atoms with van der Waals surface area (Å²) in [6.45, 7) is 13.8. The summed E-state index contributed by atoms with van der Waals surface area (Å²) in [6.07, 6.45) is 6.45. The van der Waals surface area contributed by atoms with E-state index in [9.17, 15) is 4.79 Å². The summed E-state index contributed by atoms with van der Waals surface area (Å²) in [5.41, 5.74) is 0.0999. The van der Waals surface area contributed by atoms with Crippen LogP contribution in [-0.2, 0) is 14.0 Å². The van der Waals surface area contributed by atoms with Crippen molar-refractivity contribution in [2.24, 2.45) is 16.7 Å². The second-order valence-corrected chi connectivity index (χ2v) is 9.76. The highest BCUT2D eigenvalue weighted by molar-refractivity contribution is 6.48. The number of hydrogen-bond donors (Lipinski definition) is 0. The highest BCUT2D eigenvalue weighted by Gasteiger charge is 2.46. The van der Waals surface area contributed by atoms with Crippen LogP contribution in [0.15, 0.2) is 12.2 Å². The molecule has 0 radical (unpaired) electrons. The van der Waals surface area contributed by atoms with E-state index in [0.717, 1.165) is 12.8 Å². The van der Waals surface area contributed by atoms with Crippen LogP contribution in [0.25, 0.3) is 0 Å². The van der Waals surface area contributed by atoms with E-state index in [1.54, 1.807) is 0 Å². The molecule has 0 saturated heterocycles. The van der Waals surface area contributed by atoms with Crippen LogP contribution >= 0.6 is 0 Å². The van der Waals surface area contributed by atoms with Crippen molar-refractivity contribution in [2.45, 2.75) is 53.6 Å². The molecule has 0 aliphatic heterocycles. The number of allylic oxidation sites excluding steroid dienone is 2. The Morgan fingerprint density at radius 2 is 1.95 bits per heavy atom. The van der Waals surface area contributed by atoms with E-state index in [1.165, 1.54) is 6.92 Å². The zero-order valence-electron chi connectivity index (χ0n) is 13.9. The molecule has 0 unspecified atom stereocenters. The monoisotopic (exact) mass is 298 g/mol. The standard InChI is InChI=1S/C16H30O3Si/c1-13(17)18-11-16(12-19-20(5)6)10-8-7-9-14(16)15(2,3)4/h7-8,14,20H,9-12H2,1-6H3/t14-,16+/m1/s1. The fraction of sp³-hybridized carbons (Fsp3) is 0.812. The molecule has 0 bridgehead atoms. The summed E-state index contributed by atoms with van der Waals surface area (Å²) >= 11 is 0. The largest absolute Gasteiger partial charge is 0.465 e. The van der Waals surface area contributed by atoms with Gasteiger partial charge < -0.3 is 9.16 Å². The molecule has 0 aromatic rings. The van der Waals surface area contributed by atoms with Crippen molar-refractivity contribution < 1.29 is 14.0 Å². The number of rotatable bonds is 5. The lowest BCUT2D eigenvalue weighted by molar-refractivity contribution is -0.149. The molecule has 0 saturated carbocycles. The summed E-state index contributed by atoms with van der Waals surface area (Å²) in [7, 11) is -1.08. The molecule has 20 heavy (non-hydrogen) atoms. The average molecular weight is 298 g/mol. The first-order chi connectivity index (χ1) is 9.17. The van der Waals surface area contributed by atoms with Gasteiger partial charge in [0, 0.05) is 18.9 Å². The van der Waals surface area contributed by atoms with Gasteiger partial charge in [-0.2, -0.15) is 0 Å². The Bertz CT molecular complexity index is 357. The highest BCUT2D eigenvalue weighted by Crippen LogP contribution is 2.48. The number of ether oxygens (including phenoxy) is 1. The quantitative estimate of drug-likeness (QED) is 0.442. The normalized spacial score (nSPS) is 26.9. The summed E-state index contributed by atoms with van der Waals surface area (Å²) in [5, 5.41) is 0. The van der Waals surface area contributed by atoms with E-state index < -0.39 is 9.04 Å². The molecule has 0 fully saturated rings. The Hall–Kier alpha value is -0.613. The third kappa shape index (κ3) is 4.74. The van der Waals surface area contributed by atoms with E-state index in [-0.39, 0.29) is 16.8 Å². The second kappa shape index (κ2) is 6.90. The molecule has 0 N–H and O–H groups in total. The first kappa shape index (κ1) is 17.4. The average Bonchev–Trinajstić information content (AvgIpc) is 2.33. The summed E-state index contributed by atoms with van der Waals surface area (Å²) < 4.78 is 11.5. The molecule has 3 nitrogen and oxygen atoms in total. The van der Waals surface area contributed by atoms with Crippen molar-refractivity contribution in [3.63, 3.8) is 0 Å². The van der Waals surface area contributed by atoms with E-state index in [0.29, 0.717) is 19.1 Å². The SMILES string of the molecule is CC(=O)OC[C@]1(CO[SiH](C)C)CC=CC[C@@H]1C(C)(C)C. The van der Waals surface area contributed by atoms with Crippen LogP contribution in [0.4, 0.5) is 0 Å². The highest BCUT2D eigenvalue weighted by atomic mass is 28.3. The summed E-state index contributed by atoms with van der Waals surface area (Å²) in [5.74, 6) is 0.264. The molecule has 4 heteroatoms. The van der Waals surface area contributed by atoms with Crippen molar-refractivity contribution in [3.05, 3.63) is 12.2 Å². The van der Waals surface area contributed by atoms with Gasteiger partial charge in [0.15, 0.2) is 9.04 Å². The smallest absolute Gasteiger partial charge is 0.302 e. The molecule has 0 heterocycles. The molecular weight excluding hydrogens is 268 g/mol. The van der Waals surface area contributed by atoms with Gasteiger partial charge in [0.2, 0.25) is 0 Å². The molecule has 2 atom stereocenters. The zero-order chi connectivity index (χ0) is 15.4. The number of carbonyl (C=O) groups excluding carboxylic acids is 1. The Morgan fingerprint density at radius 1 is 1.30 bits per heavy atom. The van der Waals surface area contributed by atoms with Crippen molar-refractivity contribution in [2.75, 3.05) is 13.2 Å². The van der Waals surface area contributed by atoms with Crippen molar-refractivity contribution in [3.8, 4) is 0 Å². The van der Waals surface area contributed by atoms with Crippen LogP contribution in [0.3, 0.4) is 0 Å². The van der Waals surface area contributed by atoms with E-state index in [2.05, 4.69) is 46.0 Å². The minimum atomic E-state index is -1.08. The maximum absolute atomic E-state index is 11.3. The van der Waals surface area contributed by atoms with Crippen LogP contribution in [0, 0.1) is 16.7 Å². The number of carbonyl (C=O) groups is 1. The first-order valence-corrected chi connectivity index (χ1v) is 10.4. The first-order valence-electron chi connectivity index (χ1n) is 7.57. The van der Waals surface area contributed by atoms with Gasteiger partial charge in [-0.3, -0.25) is 4.79 Å². The van der Waals surface area contributed by atoms with Gasteiger partial charge in [-0.25, -0.2) is 0 Å². The maximum atomic E-state index is 11.3. The molecule has 0 aromatic heterocycles. The van der Waals surface area contributed by atoms with Gasteiger partial charge in [-0.05, 0) is 37.3 Å². The van der Waals surface area contributed by atoms with E-state index >= 15 is 0 Å². The fourth-order valence-corrected chi connectivity index (χ4v) is 3.82. The lowest BCUT2D eigenvalue weighted by Gasteiger charge is -2.48. The van der Waals surface area contributed by atoms with Gasteiger partial charge >= 0.3 is 5.97 Å². The van der Waals surface area contributed by atoms with Crippen molar-refractivity contribution in [1.29, 1.82) is 0 Å². The lowest BCUT2D eigenvalue weighted by atomic mass is 9.60. The van der Waals surface area contributed by atoms with Crippen molar-refractivity contribution in [1.82, 2.24) is 0 Å². The molecule has 116 valence electrons. The molecule has 1 rings (SSSR count). The Kier molecular flexibility index (Phi) is 6.01. The van der Waals surface area contributed by atoms with Crippen LogP contribution in [0.5, 0.6) is 0 Å². The number of hydrogen-bond acceptors (Lipinski definition) is 3. The maximum Gasteiger partial charge on any atom is 0.302 e. The Balaban J connectivity index is 2.98. The molecule has 1 aliphatic rings. The van der Waals surface area contributed by atoms with Gasteiger partial charge in [0.1, 0.15) is 0 Å². The van der Waals surface area contributed by atoms with Gasteiger partial charge in [0.05, 0.1) is 6.61 Å².